The Morgan fingerprint density at radius 3 is 2.55 bits per heavy atom. The van der Waals surface area contributed by atoms with Gasteiger partial charge in [-0.05, 0) is 19.2 Å². The lowest BCUT2D eigenvalue weighted by Crippen LogP contribution is -2.47. The van der Waals surface area contributed by atoms with Gasteiger partial charge in [0.15, 0.2) is 17.4 Å². The number of ketones is 2. The summed E-state index contributed by atoms with van der Waals surface area (Å²) in [6.07, 6.45) is 3.73. The molecule has 1 aliphatic carbocycles. The third-order valence-electron chi connectivity index (χ3n) is 5.89. The van der Waals surface area contributed by atoms with E-state index in [0.717, 1.165) is 32.0 Å². The standard InChI is InChI=1S/C20H21N7O4/c1-25-5-7-27(8-6-25)11-4-3-10-19(23-11)24-20(21-10)13-16(29)14-15(18(31)17(13)30)26(2)12(9-28)22-14/h3-4,10,28-29H,5-9H2,1-2H3. The zero-order chi connectivity index (χ0) is 21.9. The molecule has 3 aliphatic heterocycles. The zero-order valence-corrected chi connectivity index (χ0v) is 17.1. The molecule has 31 heavy (non-hydrogen) atoms. The Balaban J connectivity index is 1.51. The molecule has 4 aliphatic rings. The van der Waals surface area contributed by atoms with Crippen molar-refractivity contribution in [2.75, 3.05) is 33.2 Å². The zero-order valence-electron chi connectivity index (χ0n) is 17.1. The lowest BCUT2D eigenvalue weighted by Gasteiger charge is -2.34. The van der Waals surface area contributed by atoms with Crippen molar-refractivity contribution in [3.63, 3.8) is 0 Å². The number of aliphatic hydroxyl groups is 2. The van der Waals surface area contributed by atoms with E-state index in [0.29, 0.717) is 5.84 Å². The molecule has 0 bridgehead atoms. The third-order valence-corrected chi connectivity index (χ3v) is 5.89. The lowest BCUT2D eigenvalue weighted by atomic mass is 9.94. The number of piperazine rings is 1. The van der Waals surface area contributed by atoms with E-state index in [9.17, 15) is 19.8 Å². The average Bonchev–Trinajstić information content (AvgIpc) is 3.33. The highest BCUT2D eigenvalue weighted by atomic mass is 16.3. The van der Waals surface area contributed by atoms with Crippen LogP contribution >= 0.6 is 0 Å². The van der Waals surface area contributed by atoms with Crippen molar-refractivity contribution in [1.82, 2.24) is 19.4 Å². The fourth-order valence-electron chi connectivity index (χ4n) is 4.04. The van der Waals surface area contributed by atoms with E-state index in [2.05, 4.69) is 36.8 Å². The van der Waals surface area contributed by atoms with Crippen LogP contribution in [-0.2, 0) is 18.4 Å². The van der Waals surface area contributed by atoms with Crippen LogP contribution < -0.4 is 0 Å². The first-order valence-corrected chi connectivity index (χ1v) is 9.95. The second-order valence-electron chi connectivity index (χ2n) is 7.81. The number of Topliss-reactive ketones (excluding diaryl/α,β-unsaturated/α-hetero) is 2. The van der Waals surface area contributed by atoms with Gasteiger partial charge in [-0.2, -0.15) is 0 Å². The van der Waals surface area contributed by atoms with Gasteiger partial charge in [0.1, 0.15) is 41.3 Å². The largest absolute Gasteiger partial charge is 0.505 e. The number of hydrogen-bond acceptors (Lipinski definition) is 10. The number of likely N-dealkylation sites (N-methyl/N-ethyl adjacent to an activating group) is 1. The van der Waals surface area contributed by atoms with Crippen LogP contribution in [0.1, 0.15) is 22.0 Å². The van der Waals surface area contributed by atoms with Crippen LogP contribution in [-0.4, -0.2) is 97.9 Å². The van der Waals surface area contributed by atoms with Gasteiger partial charge < -0.3 is 24.6 Å². The minimum Gasteiger partial charge on any atom is -0.505 e. The summed E-state index contributed by atoms with van der Waals surface area (Å²) in [6, 6.07) is -0.479. The van der Waals surface area contributed by atoms with Gasteiger partial charge >= 0.3 is 0 Å². The molecule has 0 spiro atoms. The number of aromatic nitrogens is 2. The molecule has 1 fully saturated rings. The highest BCUT2D eigenvalue weighted by Crippen LogP contribution is 2.31. The van der Waals surface area contributed by atoms with E-state index in [1.807, 2.05) is 12.2 Å². The molecule has 2 N–H and O–H groups in total. The maximum absolute atomic E-state index is 12.8. The molecular formula is C20H21N7O4. The number of aliphatic hydroxyl groups excluding tert-OH is 2. The number of hydrogen-bond donors (Lipinski definition) is 2. The first-order chi connectivity index (χ1) is 14.9. The minimum atomic E-state index is -0.911. The van der Waals surface area contributed by atoms with Gasteiger partial charge in [-0.25, -0.2) is 15.0 Å². The highest BCUT2D eigenvalue weighted by Gasteiger charge is 2.41. The summed E-state index contributed by atoms with van der Waals surface area (Å²) in [5.41, 5.74) is -0.401. The Morgan fingerprint density at radius 1 is 1.10 bits per heavy atom. The Morgan fingerprint density at radius 2 is 1.84 bits per heavy atom. The molecule has 11 nitrogen and oxygen atoms in total. The number of amidine groups is 3. The molecular weight excluding hydrogens is 402 g/mol. The number of imidazole rings is 1. The van der Waals surface area contributed by atoms with Gasteiger partial charge in [0.25, 0.3) is 5.78 Å². The van der Waals surface area contributed by atoms with Crippen LogP contribution in [0.3, 0.4) is 0 Å². The van der Waals surface area contributed by atoms with Crippen LogP contribution in [0.4, 0.5) is 0 Å². The van der Waals surface area contributed by atoms with Crippen molar-refractivity contribution in [3.05, 3.63) is 34.9 Å². The predicted octanol–water partition coefficient (Wildman–Crippen LogP) is -0.658. The van der Waals surface area contributed by atoms with Crippen molar-refractivity contribution in [3.8, 4) is 0 Å². The molecule has 160 valence electrons. The summed E-state index contributed by atoms with van der Waals surface area (Å²) < 4.78 is 1.31. The van der Waals surface area contributed by atoms with E-state index in [1.165, 1.54) is 11.6 Å². The molecule has 0 radical (unpaired) electrons. The summed E-state index contributed by atoms with van der Waals surface area (Å²) in [5, 5.41) is 20.2. The maximum Gasteiger partial charge on any atom is 0.252 e. The van der Waals surface area contributed by atoms with Gasteiger partial charge in [0.2, 0.25) is 5.78 Å². The van der Waals surface area contributed by atoms with Gasteiger partial charge in [-0.15, -0.1) is 0 Å². The quantitative estimate of drug-likeness (QED) is 0.603. The molecule has 0 saturated carbocycles. The number of carbonyl (C=O) groups excluding carboxylic acids is 2. The van der Waals surface area contributed by atoms with Gasteiger partial charge in [-0.1, -0.05) is 0 Å². The first-order valence-electron chi connectivity index (χ1n) is 9.95. The van der Waals surface area contributed by atoms with Crippen molar-refractivity contribution in [2.24, 2.45) is 22.0 Å². The Labute approximate surface area is 177 Å². The maximum atomic E-state index is 12.8. The van der Waals surface area contributed by atoms with E-state index in [1.54, 1.807) is 0 Å². The fraction of sp³-hybridized carbons (Fsp3) is 0.400. The number of aliphatic imine (C=N–C) groups is 3. The Bertz CT molecular complexity index is 1160. The number of carbonyl (C=O) groups is 2. The molecule has 5 rings (SSSR count). The molecule has 1 unspecified atom stereocenters. The second kappa shape index (κ2) is 7.06. The fourth-order valence-corrected chi connectivity index (χ4v) is 4.04. The molecule has 1 aromatic heterocycles. The number of nitrogens with zero attached hydrogens (tertiary/aromatic N) is 7. The monoisotopic (exact) mass is 423 g/mol. The normalized spacial score (nSPS) is 23.6. The highest BCUT2D eigenvalue weighted by molar-refractivity contribution is 6.57. The Hall–Kier alpha value is -3.44. The second-order valence-corrected chi connectivity index (χ2v) is 7.81. The van der Waals surface area contributed by atoms with Crippen LogP contribution in [0.15, 0.2) is 32.7 Å². The average molecular weight is 423 g/mol. The topological polar surface area (TPSA) is 136 Å². The molecule has 1 saturated heterocycles. The molecule has 4 heterocycles. The predicted molar refractivity (Wildman–Crippen MR) is 112 cm³/mol. The van der Waals surface area contributed by atoms with Crippen molar-refractivity contribution >= 4 is 34.8 Å². The van der Waals surface area contributed by atoms with Gasteiger partial charge in [0, 0.05) is 33.2 Å². The van der Waals surface area contributed by atoms with Gasteiger partial charge in [0.05, 0.1) is 0 Å². The molecule has 11 heteroatoms. The molecule has 0 aromatic carbocycles. The molecule has 1 aromatic rings. The van der Waals surface area contributed by atoms with Crippen molar-refractivity contribution in [2.45, 2.75) is 12.6 Å². The minimum absolute atomic E-state index is 0.0364. The van der Waals surface area contributed by atoms with E-state index >= 15 is 0 Å². The van der Waals surface area contributed by atoms with E-state index < -0.39 is 30.0 Å². The van der Waals surface area contributed by atoms with Crippen molar-refractivity contribution in [1.29, 1.82) is 0 Å². The van der Waals surface area contributed by atoms with Crippen LogP contribution in [0.5, 0.6) is 0 Å². The molecule has 0 amide bonds. The van der Waals surface area contributed by atoms with E-state index in [4.69, 9.17) is 0 Å². The Kier molecular flexibility index (Phi) is 4.45. The summed E-state index contributed by atoms with van der Waals surface area (Å²) in [4.78, 5) is 47.4. The molecule has 1 atom stereocenters. The van der Waals surface area contributed by atoms with Gasteiger partial charge in [-0.3, -0.25) is 14.6 Å². The van der Waals surface area contributed by atoms with Crippen LogP contribution in [0.2, 0.25) is 0 Å². The number of rotatable bonds is 2. The van der Waals surface area contributed by atoms with Crippen molar-refractivity contribution < 1.29 is 19.8 Å². The summed E-state index contributed by atoms with van der Waals surface area (Å²) in [5.74, 6) is -0.886. The lowest BCUT2D eigenvalue weighted by molar-refractivity contribution is -0.111. The number of fused-ring (bicyclic) bond motifs is 2. The smallest absolute Gasteiger partial charge is 0.252 e. The third kappa shape index (κ3) is 2.96. The summed E-state index contributed by atoms with van der Waals surface area (Å²) in [7, 11) is 3.58. The first kappa shape index (κ1) is 19.5. The summed E-state index contributed by atoms with van der Waals surface area (Å²) >= 11 is 0. The van der Waals surface area contributed by atoms with Crippen LogP contribution in [0.25, 0.3) is 5.76 Å². The summed E-state index contributed by atoms with van der Waals surface area (Å²) in [6.45, 7) is 3.13. The van der Waals surface area contributed by atoms with Crippen LogP contribution in [0, 0.1) is 0 Å². The number of dihydropyridines is 1. The van der Waals surface area contributed by atoms with E-state index in [-0.39, 0.29) is 28.6 Å². The SMILES string of the molecule is CN1CCN(C2=NC3=NC(C4=C(O)c5nc(CO)n(C)c5C(=O)C4=O)=NC3C=C2)CC1.